The summed E-state index contributed by atoms with van der Waals surface area (Å²) < 4.78 is 4.89. The van der Waals surface area contributed by atoms with Crippen LogP contribution in [0.5, 0.6) is 0 Å². The first kappa shape index (κ1) is 16.6. The number of carbonyl (C=O) groups is 1. The van der Waals surface area contributed by atoms with Crippen molar-refractivity contribution >= 4 is 11.6 Å². The number of nitrogens with zero attached hydrogens (tertiary/aromatic N) is 2. The highest BCUT2D eigenvalue weighted by atomic mass is 16.5. The maximum absolute atomic E-state index is 12.4. The summed E-state index contributed by atoms with van der Waals surface area (Å²) in [5, 5.41) is 9.71. The predicted molar refractivity (Wildman–Crippen MR) is 79.8 cm³/mol. The Balaban J connectivity index is 2.62. The molecule has 1 rings (SSSR count). The van der Waals surface area contributed by atoms with Crippen LogP contribution in [0.1, 0.15) is 6.92 Å². The van der Waals surface area contributed by atoms with E-state index in [0.29, 0.717) is 6.54 Å². The molecule has 0 aromatic heterocycles. The fraction of sp³-hybridized carbons (Fsp3) is 0.533. The number of para-hydroxylation sites is 1. The maximum atomic E-state index is 12.4. The van der Waals surface area contributed by atoms with Crippen LogP contribution in [0.4, 0.5) is 5.69 Å². The van der Waals surface area contributed by atoms with Crippen LogP contribution in [0.15, 0.2) is 30.3 Å². The van der Waals surface area contributed by atoms with Gasteiger partial charge in [-0.1, -0.05) is 18.2 Å². The number of aliphatic hydroxyl groups excluding tert-OH is 1. The molecule has 0 heterocycles. The summed E-state index contributed by atoms with van der Waals surface area (Å²) in [7, 11) is 5.12. The molecular formula is C15H24N2O3. The van der Waals surface area contributed by atoms with Crippen LogP contribution in [-0.2, 0) is 9.53 Å². The van der Waals surface area contributed by atoms with Gasteiger partial charge in [0.1, 0.15) is 0 Å². The van der Waals surface area contributed by atoms with Crippen molar-refractivity contribution in [2.75, 3.05) is 39.3 Å². The maximum Gasteiger partial charge on any atom is 0.243 e. The van der Waals surface area contributed by atoms with Crippen LogP contribution in [0.2, 0.25) is 0 Å². The molecule has 0 aliphatic rings. The lowest BCUT2D eigenvalue weighted by Crippen LogP contribution is -2.47. The first-order valence-corrected chi connectivity index (χ1v) is 6.67. The van der Waals surface area contributed by atoms with Crippen molar-refractivity contribution in [3.63, 3.8) is 0 Å². The van der Waals surface area contributed by atoms with E-state index in [-0.39, 0.29) is 18.6 Å². The van der Waals surface area contributed by atoms with E-state index in [1.807, 2.05) is 49.2 Å². The number of likely N-dealkylation sites (N-methyl/N-ethyl adjacent to an activating group) is 2. The van der Waals surface area contributed by atoms with Gasteiger partial charge in [-0.15, -0.1) is 0 Å². The molecule has 0 spiro atoms. The Morgan fingerprint density at radius 2 is 1.90 bits per heavy atom. The quantitative estimate of drug-likeness (QED) is 0.809. The molecule has 5 heteroatoms. The molecule has 0 saturated heterocycles. The molecule has 0 radical (unpaired) electrons. The van der Waals surface area contributed by atoms with Crippen LogP contribution >= 0.6 is 0 Å². The third-order valence-corrected chi connectivity index (χ3v) is 3.35. The van der Waals surface area contributed by atoms with Gasteiger partial charge in [-0.2, -0.15) is 0 Å². The van der Waals surface area contributed by atoms with E-state index >= 15 is 0 Å². The molecule has 1 N–H and O–H groups in total. The summed E-state index contributed by atoms with van der Waals surface area (Å²) >= 11 is 0. The summed E-state index contributed by atoms with van der Waals surface area (Å²) in [6.45, 7) is 2.49. The molecule has 1 aromatic carbocycles. The lowest BCUT2D eigenvalue weighted by molar-refractivity contribution is -0.123. The van der Waals surface area contributed by atoms with E-state index in [1.54, 1.807) is 19.1 Å². The van der Waals surface area contributed by atoms with Gasteiger partial charge >= 0.3 is 0 Å². The molecule has 20 heavy (non-hydrogen) atoms. The van der Waals surface area contributed by atoms with Gasteiger partial charge in [-0.3, -0.25) is 9.69 Å². The Kier molecular flexibility index (Phi) is 6.64. The zero-order valence-corrected chi connectivity index (χ0v) is 12.6. The second kappa shape index (κ2) is 7.99. The van der Waals surface area contributed by atoms with Crippen LogP contribution in [0.25, 0.3) is 0 Å². The van der Waals surface area contributed by atoms with Gasteiger partial charge in [0.05, 0.1) is 18.8 Å². The lowest BCUT2D eigenvalue weighted by Gasteiger charge is -2.29. The van der Waals surface area contributed by atoms with Crippen LogP contribution in [0.3, 0.4) is 0 Å². The van der Waals surface area contributed by atoms with Crippen molar-refractivity contribution in [2.24, 2.45) is 0 Å². The Labute approximate surface area is 120 Å². The summed E-state index contributed by atoms with van der Waals surface area (Å²) in [5.74, 6) is -0.0108. The average molecular weight is 280 g/mol. The van der Waals surface area contributed by atoms with Gasteiger partial charge in [-0.25, -0.2) is 0 Å². The average Bonchev–Trinajstić information content (AvgIpc) is 2.46. The first-order chi connectivity index (χ1) is 9.47. The van der Waals surface area contributed by atoms with Gasteiger partial charge in [-0.05, 0) is 26.1 Å². The Hall–Kier alpha value is -1.43. The molecule has 112 valence electrons. The minimum Gasteiger partial charge on any atom is -0.389 e. The normalized spacial score (nSPS) is 14.1. The lowest BCUT2D eigenvalue weighted by atomic mass is 10.2. The van der Waals surface area contributed by atoms with Crippen LogP contribution in [-0.4, -0.2) is 62.4 Å². The van der Waals surface area contributed by atoms with Crippen molar-refractivity contribution in [3.05, 3.63) is 30.3 Å². The molecule has 1 aromatic rings. The summed E-state index contributed by atoms with van der Waals surface area (Å²) in [6, 6.07) is 9.19. The molecule has 0 aliphatic carbocycles. The third kappa shape index (κ3) is 4.59. The van der Waals surface area contributed by atoms with E-state index < -0.39 is 6.10 Å². The molecular weight excluding hydrogens is 256 g/mol. The molecule has 2 unspecified atom stereocenters. The molecule has 0 fully saturated rings. The second-order valence-electron chi connectivity index (χ2n) is 4.96. The number of methoxy groups -OCH3 is 1. The Bertz CT molecular complexity index is 411. The fourth-order valence-corrected chi connectivity index (χ4v) is 1.98. The monoisotopic (exact) mass is 280 g/mol. The van der Waals surface area contributed by atoms with Crippen molar-refractivity contribution < 1.29 is 14.6 Å². The Morgan fingerprint density at radius 1 is 1.30 bits per heavy atom. The highest BCUT2D eigenvalue weighted by molar-refractivity contribution is 5.96. The van der Waals surface area contributed by atoms with E-state index in [9.17, 15) is 9.90 Å². The smallest absolute Gasteiger partial charge is 0.243 e. The van der Waals surface area contributed by atoms with Crippen molar-refractivity contribution in [2.45, 2.75) is 19.1 Å². The van der Waals surface area contributed by atoms with Gasteiger partial charge in [0.25, 0.3) is 0 Å². The zero-order chi connectivity index (χ0) is 15.1. The van der Waals surface area contributed by atoms with Crippen molar-refractivity contribution in [1.29, 1.82) is 0 Å². The fourth-order valence-electron chi connectivity index (χ4n) is 1.98. The number of benzene rings is 1. The van der Waals surface area contributed by atoms with Gasteiger partial charge in [0.15, 0.2) is 0 Å². The number of rotatable bonds is 7. The van der Waals surface area contributed by atoms with Gasteiger partial charge in [0, 0.05) is 26.4 Å². The Morgan fingerprint density at radius 3 is 2.45 bits per heavy atom. The SMILES string of the molecule is COCC(O)CN(C)C(C)C(=O)N(C)c1ccccc1. The van der Waals surface area contributed by atoms with E-state index in [1.165, 1.54) is 0 Å². The molecule has 0 aliphatic heterocycles. The van der Waals surface area contributed by atoms with E-state index in [4.69, 9.17) is 4.74 Å². The number of carbonyl (C=O) groups excluding carboxylic acids is 1. The topological polar surface area (TPSA) is 53.0 Å². The first-order valence-electron chi connectivity index (χ1n) is 6.67. The van der Waals surface area contributed by atoms with Crippen molar-refractivity contribution in [1.82, 2.24) is 4.90 Å². The van der Waals surface area contributed by atoms with Crippen LogP contribution < -0.4 is 4.90 Å². The summed E-state index contributed by atoms with van der Waals surface area (Å²) in [4.78, 5) is 15.8. The highest BCUT2D eigenvalue weighted by Gasteiger charge is 2.23. The summed E-state index contributed by atoms with van der Waals surface area (Å²) in [5.41, 5.74) is 0.857. The number of hydrogen-bond acceptors (Lipinski definition) is 4. The van der Waals surface area contributed by atoms with E-state index in [2.05, 4.69) is 0 Å². The summed E-state index contributed by atoms with van der Waals surface area (Å²) in [6.07, 6.45) is -0.595. The molecule has 0 bridgehead atoms. The number of amides is 1. The molecule has 1 amide bonds. The molecule has 2 atom stereocenters. The number of anilines is 1. The minimum absolute atomic E-state index is 0.0108. The van der Waals surface area contributed by atoms with Gasteiger partial charge < -0.3 is 14.7 Å². The minimum atomic E-state index is -0.595. The van der Waals surface area contributed by atoms with E-state index in [0.717, 1.165) is 5.69 Å². The second-order valence-corrected chi connectivity index (χ2v) is 4.96. The van der Waals surface area contributed by atoms with Gasteiger partial charge in [0.2, 0.25) is 5.91 Å². The number of ether oxygens (including phenoxy) is 1. The predicted octanol–water partition coefficient (Wildman–Crippen LogP) is 0.977. The largest absolute Gasteiger partial charge is 0.389 e. The zero-order valence-electron chi connectivity index (χ0n) is 12.6. The third-order valence-electron chi connectivity index (χ3n) is 3.35. The number of aliphatic hydroxyl groups is 1. The molecule has 5 nitrogen and oxygen atoms in total. The number of hydrogen-bond donors (Lipinski definition) is 1. The standard InChI is InChI=1S/C15H24N2O3/c1-12(16(2)10-14(18)11-20-4)15(19)17(3)13-8-6-5-7-9-13/h5-9,12,14,18H,10-11H2,1-4H3. The molecule has 0 saturated carbocycles. The highest BCUT2D eigenvalue weighted by Crippen LogP contribution is 2.13. The van der Waals surface area contributed by atoms with Crippen molar-refractivity contribution in [3.8, 4) is 0 Å². The van der Waals surface area contributed by atoms with Crippen LogP contribution in [0, 0.1) is 0 Å².